The second kappa shape index (κ2) is 5.59. The van der Waals surface area contributed by atoms with Crippen LogP contribution in [-0.4, -0.2) is 6.04 Å². The number of hydrogen-bond acceptors (Lipinski definition) is 3. The van der Waals surface area contributed by atoms with Crippen molar-refractivity contribution >= 4 is 11.8 Å². The molecule has 2 aromatic rings. The lowest BCUT2D eigenvalue weighted by Gasteiger charge is -2.07. The molecule has 1 heterocycles. The molecule has 2 N–H and O–H groups in total. The van der Waals surface area contributed by atoms with Crippen LogP contribution in [0.1, 0.15) is 18.2 Å². The predicted molar refractivity (Wildman–Crippen MR) is 71.3 cm³/mol. The highest BCUT2D eigenvalue weighted by molar-refractivity contribution is 7.99. The van der Waals surface area contributed by atoms with E-state index in [4.69, 9.17) is 10.2 Å². The van der Waals surface area contributed by atoms with Crippen molar-refractivity contribution < 1.29 is 8.81 Å². The molecular formula is C14H16FNOS. The van der Waals surface area contributed by atoms with Gasteiger partial charge in [-0.3, -0.25) is 0 Å². The van der Waals surface area contributed by atoms with Gasteiger partial charge in [-0.1, -0.05) is 17.8 Å². The monoisotopic (exact) mass is 265 g/mol. The molecule has 0 fully saturated rings. The summed E-state index contributed by atoms with van der Waals surface area (Å²) in [7, 11) is 0. The average molecular weight is 265 g/mol. The van der Waals surface area contributed by atoms with E-state index in [9.17, 15) is 4.39 Å². The van der Waals surface area contributed by atoms with E-state index in [1.807, 2.05) is 26.0 Å². The Labute approximate surface area is 110 Å². The van der Waals surface area contributed by atoms with Crippen molar-refractivity contribution in [2.75, 3.05) is 0 Å². The quantitative estimate of drug-likeness (QED) is 0.914. The molecule has 0 saturated heterocycles. The molecule has 0 aliphatic rings. The third-order valence-corrected chi connectivity index (χ3v) is 3.78. The summed E-state index contributed by atoms with van der Waals surface area (Å²) in [5, 5.41) is 0. The number of halogens is 1. The number of rotatable bonds is 4. The number of aryl methyl sites for hydroxylation is 1. The lowest BCUT2D eigenvalue weighted by Crippen LogP contribution is -2.17. The minimum atomic E-state index is -0.209. The summed E-state index contributed by atoms with van der Waals surface area (Å²) in [6.45, 7) is 3.78. The van der Waals surface area contributed by atoms with Gasteiger partial charge in [0.1, 0.15) is 11.6 Å². The fraction of sp³-hybridized carbons (Fsp3) is 0.286. The van der Waals surface area contributed by atoms with Crippen LogP contribution in [0.3, 0.4) is 0 Å². The minimum Gasteiger partial charge on any atom is -0.468 e. The molecule has 0 spiro atoms. The summed E-state index contributed by atoms with van der Waals surface area (Å²) in [6.07, 6.45) is 2.30. The Balaban J connectivity index is 2.17. The van der Waals surface area contributed by atoms with E-state index in [1.54, 1.807) is 18.4 Å². The molecule has 0 amide bonds. The third kappa shape index (κ3) is 3.15. The predicted octanol–water partition coefficient (Wildman–Crippen LogP) is 3.77. The maximum Gasteiger partial charge on any atom is 0.137 e. The molecule has 1 unspecified atom stereocenters. The topological polar surface area (TPSA) is 39.2 Å². The Hall–Kier alpha value is -1.26. The van der Waals surface area contributed by atoms with Crippen LogP contribution in [0.2, 0.25) is 0 Å². The van der Waals surface area contributed by atoms with E-state index >= 15 is 0 Å². The summed E-state index contributed by atoms with van der Waals surface area (Å²) in [6, 6.07) is 7.16. The molecule has 0 aliphatic carbocycles. The molecule has 18 heavy (non-hydrogen) atoms. The SMILES string of the molecule is Cc1occc1Sc1ccc(CC(C)N)cc1F. The summed E-state index contributed by atoms with van der Waals surface area (Å²) in [5.41, 5.74) is 6.63. The summed E-state index contributed by atoms with van der Waals surface area (Å²) >= 11 is 1.38. The third-order valence-electron chi connectivity index (χ3n) is 2.59. The van der Waals surface area contributed by atoms with Crippen LogP contribution in [0.25, 0.3) is 0 Å². The second-order valence-corrected chi connectivity index (χ2v) is 5.47. The molecule has 2 rings (SSSR count). The maximum absolute atomic E-state index is 13.9. The van der Waals surface area contributed by atoms with Gasteiger partial charge in [-0.05, 0) is 44.0 Å². The van der Waals surface area contributed by atoms with E-state index in [2.05, 4.69) is 0 Å². The molecular weight excluding hydrogens is 249 g/mol. The standard InChI is InChI=1S/C14H16FNOS/c1-9(16)7-11-3-4-14(12(15)8-11)18-13-5-6-17-10(13)2/h3-6,8-9H,7,16H2,1-2H3. The fourth-order valence-corrected chi connectivity index (χ4v) is 2.57. The van der Waals surface area contributed by atoms with E-state index in [0.29, 0.717) is 11.3 Å². The molecule has 4 heteroatoms. The van der Waals surface area contributed by atoms with E-state index in [-0.39, 0.29) is 11.9 Å². The van der Waals surface area contributed by atoms with Gasteiger partial charge in [0.05, 0.1) is 11.2 Å². The van der Waals surface area contributed by atoms with E-state index in [0.717, 1.165) is 16.2 Å². The Morgan fingerprint density at radius 1 is 1.33 bits per heavy atom. The summed E-state index contributed by atoms with van der Waals surface area (Å²) < 4.78 is 19.1. The van der Waals surface area contributed by atoms with Gasteiger partial charge in [-0.15, -0.1) is 0 Å². The van der Waals surface area contributed by atoms with Crippen LogP contribution >= 0.6 is 11.8 Å². The van der Waals surface area contributed by atoms with Gasteiger partial charge < -0.3 is 10.2 Å². The second-order valence-electron chi connectivity index (χ2n) is 4.39. The first-order valence-corrected chi connectivity index (χ1v) is 6.64. The zero-order valence-corrected chi connectivity index (χ0v) is 11.3. The molecule has 0 saturated carbocycles. The van der Waals surface area contributed by atoms with Gasteiger partial charge in [-0.2, -0.15) is 0 Å². The summed E-state index contributed by atoms with van der Waals surface area (Å²) in [5.74, 6) is 0.595. The zero-order chi connectivity index (χ0) is 13.1. The van der Waals surface area contributed by atoms with Crippen LogP contribution in [0.15, 0.2) is 44.7 Å². The fourth-order valence-electron chi connectivity index (χ4n) is 1.72. The van der Waals surface area contributed by atoms with Crippen LogP contribution in [0.5, 0.6) is 0 Å². The van der Waals surface area contributed by atoms with Gasteiger partial charge >= 0.3 is 0 Å². The first kappa shape index (κ1) is 13.2. The maximum atomic E-state index is 13.9. The average Bonchev–Trinajstić information content (AvgIpc) is 2.67. The smallest absolute Gasteiger partial charge is 0.137 e. The number of furan rings is 1. The molecule has 1 atom stereocenters. The van der Waals surface area contributed by atoms with Gasteiger partial charge in [-0.25, -0.2) is 4.39 Å². The van der Waals surface area contributed by atoms with Crippen molar-refractivity contribution in [3.05, 3.63) is 47.7 Å². The molecule has 0 bridgehead atoms. The number of nitrogens with two attached hydrogens (primary N) is 1. The van der Waals surface area contributed by atoms with Crippen molar-refractivity contribution in [3.63, 3.8) is 0 Å². The number of benzene rings is 1. The molecule has 2 nitrogen and oxygen atoms in total. The van der Waals surface area contributed by atoms with Crippen molar-refractivity contribution in [2.45, 2.75) is 36.1 Å². The van der Waals surface area contributed by atoms with E-state index in [1.165, 1.54) is 11.8 Å². The molecule has 0 aliphatic heterocycles. The Morgan fingerprint density at radius 2 is 2.11 bits per heavy atom. The van der Waals surface area contributed by atoms with Gasteiger partial charge in [0.2, 0.25) is 0 Å². The first-order valence-electron chi connectivity index (χ1n) is 5.82. The van der Waals surface area contributed by atoms with Crippen molar-refractivity contribution in [3.8, 4) is 0 Å². The van der Waals surface area contributed by atoms with Crippen LogP contribution < -0.4 is 5.73 Å². The van der Waals surface area contributed by atoms with Crippen LogP contribution in [0, 0.1) is 12.7 Å². The first-order chi connectivity index (χ1) is 8.56. The number of hydrogen-bond donors (Lipinski definition) is 1. The minimum absolute atomic E-state index is 0.0408. The highest BCUT2D eigenvalue weighted by Gasteiger charge is 2.09. The molecule has 1 aromatic heterocycles. The van der Waals surface area contributed by atoms with Gasteiger partial charge in [0, 0.05) is 10.9 Å². The Bertz CT molecular complexity index is 536. The van der Waals surface area contributed by atoms with Crippen molar-refractivity contribution in [1.82, 2.24) is 0 Å². The Morgan fingerprint density at radius 3 is 2.67 bits per heavy atom. The highest BCUT2D eigenvalue weighted by Crippen LogP contribution is 2.32. The Kier molecular flexibility index (Phi) is 4.09. The summed E-state index contributed by atoms with van der Waals surface area (Å²) in [4.78, 5) is 1.54. The van der Waals surface area contributed by atoms with Crippen molar-refractivity contribution in [2.24, 2.45) is 5.73 Å². The van der Waals surface area contributed by atoms with E-state index < -0.39 is 0 Å². The molecule has 96 valence electrons. The highest BCUT2D eigenvalue weighted by atomic mass is 32.2. The van der Waals surface area contributed by atoms with Crippen molar-refractivity contribution in [1.29, 1.82) is 0 Å². The van der Waals surface area contributed by atoms with Crippen LogP contribution in [0.4, 0.5) is 4.39 Å². The largest absolute Gasteiger partial charge is 0.468 e. The molecule has 1 aromatic carbocycles. The lowest BCUT2D eigenvalue weighted by molar-refractivity contribution is 0.526. The normalized spacial score (nSPS) is 12.7. The molecule has 0 radical (unpaired) electrons. The van der Waals surface area contributed by atoms with Gasteiger partial charge in [0.25, 0.3) is 0 Å². The van der Waals surface area contributed by atoms with Gasteiger partial charge in [0.15, 0.2) is 0 Å². The lowest BCUT2D eigenvalue weighted by atomic mass is 10.1. The van der Waals surface area contributed by atoms with Crippen LogP contribution in [-0.2, 0) is 6.42 Å². The zero-order valence-electron chi connectivity index (χ0n) is 10.4.